The summed E-state index contributed by atoms with van der Waals surface area (Å²) in [4.78, 5) is 61.6. The van der Waals surface area contributed by atoms with Crippen molar-refractivity contribution >= 4 is 46.7 Å². The maximum absolute atomic E-state index is 14.7. The molecule has 0 spiro atoms. The standard InChI is InChI=1S/C40H45ClF4N10O5/c41-31-18-26(50-37(58)36-48-21-27(49-36)17-30-34(51-52-35(30)40(43,44)45)29-5-3-25(46)16-32(29)42)4-6-28(31)39(60)54-11-9-53(10-12-54)38(59)24-7-14-55(15-8-24,13-1-2-33(56)57)22-23-19-47-20-23/h3-6,16,18,21,23-24,47H,1-2,7-15,17,19-20,22H2,(H5-,46,48,49,50,51,52,56,57,58,60)/p+1. The molecular weight excluding hydrogens is 812 g/mol. The fourth-order valence-electron chi connectivity index (χ4n) is 8.45. The number of imidazole rings is 1. The summed E-state index contributed by atoms with van der Waals surface area (Å²) < 4.78 is 57.3. The number of carbonyl (C=O) groups is 4. The molecule has 0 saturated carbocycles. The molecule has 3 aliphatic heterocycles. The number of nitrogens with zero attached hydrogens (tertiary/aromatic N) is 5. The van der Waals surface area contributed by atoms with Gasteiger partial charge in [0, 0.05) is 111 Å². The molecule has 0 bridgehead atoms. The molecule has 2 aromatic carbocycles. The first-order valence-electron chi connectivity index (χ1n) is 19.8. The molecule has 3 amide bonds. The lowest BCUT2D eigenvalue weighted by Crippen LogP contribution is -2.61. The summed E-state index contributed by atoms with van der Waals surface area (Å²) in [5, 5.41) is 20.9. The summed E-state index contributed by atoms with van der Waals surface area (Å²) in [7, 11) is 0. The Bertz CT molecular complexity index is 2240. The van der Waals surface area contributed by atoms with Crippen molar-refractivity contribution in [2.45, 2.75) is 38.3 Å². The van der Waals surface area contributed by atoms with Crippen LogP contribution >= 0.6 is 11.6 Å². The second-order valence-corrected chi connectivity index (χ2v) is 16.3. The number of nitrogen functional groups attached to an aromatic ring is 1. The van der Waals surface area contributed by atoms with Gasteiger partial charge in [0.05, 0.1) is 48.9 Å². The predicted octanol–water partition coefficient (Wildman–Crippen LogP) is 4.63. The van der Waals surface area contributed by atoms with Gasteiger partial charge < -0.3 is 40.7 Å². The molecule has 0 radical (unpaired) electrons. The van der Waals surface area contributed by atoms with Crippen molar-refractivity contribution in [1.82, 2.24) is 35.3 Å². The van der Waals surface area contributed by atoms with Gasteiger partial charge in [-0.15, -0.1) is 0 Å². The summed E-state index contributed by atoms with van der Waals surface area (Å²) in [6.07, 6.45) is -1.85. The van der Waals surface area contributed by atoms with Gasteiger partial charge in [0.1, 0.15) is 5.82 Å². The number of piperidine rings is 1. The number of carboxylic acids is 1. The van der Waals surface area contributed by atoms with Crippen molar-refractivity contribution < 1.29 is 46.3 Å². The number of nitrogens with two attached hydrogens (primary N) is 1. The highest BCUT2D eigenvalue weighted by atomic mass is 35.5. The number of hydrogen-bond donors (Lipinski definition) is 6. The van der Waals surface area contributed by atoms with E-state index in [1.807, 2.05) is 4.90 Å². The number of halogens is 5. The number of alkyl halides is 3. The van der Waals surface area contributed by atoms with E-state index in [2.05, 4.69) is 30.8 Å². The molecule has 60 heavy (non-hydrogen) atoms. The maximum Gasteiger partial charge on any atom is 0.435 e. The third-order valence-corrected chi connectivity index (χ3v) is 12.0. The molecule has 0 atom stereocenters. The molecule has 5 heterocycles. The first-order chi connectivity index (χ1) is 28.6. The van der Waals surface area contributed by atoms with Gasteiger partial charge in [0.15, 0.2) is 11.5 Å². The highest BCUT2D eigenvalue weighted by Crippen LogP contribution is 2.37. The molecule has 0 unspecified atom stereocenters. The molecule has 7 rings (SSSR count). The van der Waals surface area contributed by atoms with Gasteiger partial charge in [-0.25, -0.2) is 9.37 Å². The number of anilines is 2. The number of rotatable bonds is 13. The largest absolute Gasteiger partial charge is 0.481 e. The van der Waals surface area contributed by atoms with E-state index < -0.39 is 36.0 Å². The Morgan fingerprint density at radius 1 is 1.02 bits per heavy atom. The molecule has 7 N–H and O–H groups in total. The number of H-pyrrole nitrogens is 2. The lowest BCUT2D eigenvalue weighted by atomic mass is 9.90. The van der Waals surface area contributed by atoms with E-state index in [0.717, 1.165) is 62.7 Å². The average Bonchev–Trinajstić information content (AvgIpc) is 3.84. The van der Waals surface area contributed by atoms with Crippen LogP contribution in [0.1, 0.15) is 63.6 Å². The van der Waals surface area contributed by atoms with E-state index in [9.17, 15) is 41.8 Å². The number of aromatic nitrogens is 4. The van der Waals surface area contributed by atoms with E-state index in [1.165, 1.54) is 36.5 Å². The molecule has 4 aromatic rings. The predicted molar refractivity (Wildman–Crippen MR) is 212 cm³/mol. The van der Waals surface area contributed by atoms with Crippen molar-refractivity contribution in [3.05, 3.63) is 81.8 Å². The van der Waals surface area contributed by atoms with Crippen molar-refractivity contribution in [3.63, 3.8) is 0 Å². The number of nitrogens with one attached hydrogen (secondary N) is 4. The van der Waals surface area contributed by atoms with Crippen LogP contribution < -0.4 is 16.4 Å². The van der Waals surface area contributed by atoms with Gasteiger partial charge in [-0.3, -0.25) is 24.3 Å². The average molecular weight is 858 g/mol. The van der Waals surface area contributed by atoms with Crippen molar-refractivity contribution in [1.29, 1.82) is 0 Å². The minimum atomic E-state index is -4.86. The van der Waals surface area contributed by atoms with Gasteiger partial charge in [-0.05, 0) is 36.4 Å². The summed E-state index contributed by atoms with van der Waals surface area (Å²) in [5.41, 5.74) is 4.26. The molecule has 320 valence electrons. The van der Waals surface area contributed by atoms with Crippen LogP contribution in [-0.2, 0) is 22.2 Å². The summed E-state index contributed by atoms with van der Waals surface area (Å²) >= 11 is 6.53. The monoisotopic (exact) mass is 857 g/mol. The number of amides is 3. The van der Waals surface area contributed by atoms with Crippen molar-refractivity contribution in [3.8, 4) is 11.3 Å². The number of aromatic amines is 2. The number of benzene rings is 2. The van der Waals surface area contributed by atoms with E-state index >= 15 is 0 Å². The molecular formula is C40H46ClF4N10O5+. The molecule has 20 heteroatoms. The Hall–Kier alpha value is -5.53. The molecule has 3 saturated heterocycles. The highest BCUT2D eigenvalue weighted by molar-refractivity contribution is 6.34. The second kappa shape index (κ2) is 17.6. The van der Waals surface area contributed by atoms with Crippen molar-refractivity contribution in [2.75, 3.05) is 76.5 Å². The summed E-state index contributed by atoms with van der Waals surface area (Å²) in [6, 6.07) is 7.94. The maximum atomic E-state index is 14.7. The Kier molecular flexibility index (Phi) is 12.5. The molecule has 0 aliphatic carbocycles. The van der Waals surface area contributed by atoms with Crippen LogP contribution in [0.3, 0.4) is 0 Å². The Labute approximate surface area is 347 Å². The fraction of sp³-hybridized carbons (Fsp3) is 0.450. The number of quaternary nitrogens is 1. The van der Waals surface area contributed by atoms with E-state index in [4.69, 9.17) is 17.3 Å². The number of carboxylic acid groups (broad SMARTS) is 1. The van der Waals surface area contributed by atoms with Gasteiger partial charge in [0.2, 0.25) is 5.91 Å². The number of carbonyl (C=O) groups excluding carboxylic acids is 3. The summed E-state index contributed by atoms with van der Waals surface area (Å²) in [6.45, 7) is 6.82. The first-order valence-corrected chi connectivity index (χ1v) is 20.2. The topological polar surface area (TPSA) is 202 Å². The zero-order valence-corrected chi connectivity index (χ0v) is 33.3. The second-order valence-electron chi connectivity index (χ2n) is 15.9. The first kappa shape index (κ1) is 42.6. The number of piperazine rings is 1. The minimum absolute atomic E-state index is 0.0726. The van der Waals surface area contributed by atoms with Gasteiger partial charge in [0.25, 0.3) is 11.8 Å². The van der Waals surface area contributed by atoms with Gasteiger partial charge >= 0.3 is 12.1 Å². The van der Waals surface area contributed by atoms with Gasteiger partial charge in [-0.2, -0.15) is 18.3 Å². The van der Waals surface area contributed by atoms with Crippen LogP contribution in [0.4, 0.5) is 28.9 Å². The fourth-order valence-corrected chi connectivity index (χ4v) is 8.71. The normalized spacial score (nSPS) is 19.9. The van der Waals surface area contributed by atoms with Crippen LogP contribution in [0.25, 0.3) is 11.3 Å². The van der Waals surface area contributed by atoms with Crippen LogP contribution in [0.2, 0.25) is 5.02 Å². The lowest BCUT2D eigenvalue weighted by Gasteiger charge is -2.47. The minimum Gasteiger partial charge on any atom is -0.481 e. The SMILES string of the molecule is Nc1ccc(-c2[nH]nc(C(F)(F)F)c2Cc2cnc(C(=O)Nc3ccc(C(=O)N4CCN(C(=O)C5CC[N+](CCCC(=O)O)(CC6CNC6)CC5)CC4)c(Cl)c3)[nH]2)c(F)c1. The Morgan fingerprint density at radius 3 is 2.37 bits per heavy atom. The lowest BCUT2D eigenvalue weighted by molar-refractivity contribution is -0.936. The van der Waals surface area contributed by atoms with Crippen LogP contribution in [-0.4, -0.2) is 129 Å². The van der Waals surface area contributed by atoms with Crippen LogP contribution in [0.5, 0.6) is 0 Å². The van der Waals surface area contributed by atoms with Crippen LogP contribution in [0, 0.1) is 17.7 Å². The number of aliphatic carboxylic acids is 1. The smallest absolute Gasteiger partial charge is 0.435 e. The number of hydrogen-bond acceptors (Lipinski definition) is 8. The molecule has 3 aliphatic rings. The third kappa shape index (κ3) is 9.58. The third-order valence-electron chi connectivity index (χ3n) is 11.7. The van der Waals surface area contributed by atoms with E-state index in [1.54, 1.807) is 4.90 Å². The van der Waals surface area contributed by atoms with E-state index in [0.29, 0.717) is 38.5 Å². The van der Waals surface area contributed by atoms with Crippen molar-refractivity contribution in [2.24, 2.45) is 11.8 Å². The zero-order chi connectivity index (χ0) is 42.8. The van der Waals surface area contributed by atoms with Crippen LogP contribution in [0.15, 0.2) is 42.6 Å². The Morgan fingerprint density at radius 2 is 1.73 bits per heavy atom. The van der Waals surface area contributed by atoms with Gasteiger partial charge in [-0.1, -0.05) is 11.6 Å². The quantitative estimate of drug-likeness (QED) is 0.0630. The molecule has 2 aromatic heterocycles. The number of likely N-dealkylation sites (tertiary alicyclic amines) is 1. The molecule has 3 fully saturated rings. The summed E-state index contributed by atoms with van der Waals surface area (Å²) in [5.74, 6) is -2.38. The van der Waals surface area contributed by atoms with E-state index in [-0.39, 0.29) is 74.5 Å². The molecule has 15 nitrogen and oxygen atoms in total. The zero-order valence-electron chi connectivity index (χ0n) is 32.6. The Balaban J connectivity index is 0.923. The highest BCUT2D eigenvalue weighted by Gasteiger charge is 2.41.